The Balaban J connectivity index is 1.63. The van der Waals surface area contributed by atoms with Crippen molar-refractivity contribution < 1.29 is 19.4 Å². The van der Waals surface area contributed by atoms with E-state index in [1.54, 1.807) is 13.3 Å². The van der Waals surface area contributed by atoms with Crippen LogP contribution >= 0.6 is 0 Å². The lowest BCUT2D eigenvalue weighted by atomic mass is 10.1. The second-order valence-electron chi connectivity index (χ2n) is 6.69. The van der Waals surface area contributed by atoms with Crippen molar-refractivity contribution in [1.82, 2.24) is 14.7 Å². The molecule has 1 saturated heterocycles. The largest absolute Gasteiger partial charge is 0.497 e. The maximum absolute atomic E-state index is 11.6. The number of hydrogen-bond donors (Lipinski definition) is 2. The molecule has 1 aromatic carbocycles. The highest BCUT2D eigenvalue weighted by Crippen LogP contribution is 2.29. The molecule has 0 radical (unpaired) electrons. The fourth-order valence-corrected chi connectivity index (χ4v) is 3.43. The molecule has 27 heavy (non-hydrogen) atoms. The molecule has 8 nitrogen and oxygen atoms in total. The monoisotopic (exact) mass is 374 g/mol. The molecule has 146 valence electrons. The summed E-state index contributed by atoms with van der Waals surface area (Å²) in [6, 6.07) is 8.19. The number of aliphatic hydroxyl groups is 1. The van der Waals surface area contributed by atoms with Crippen molar-refractivity contribution in [3.63, 3.8) is 0 Å². The minimum absolute atomic E-state index is 0.0107. The lowest BCUT2D eigenvalue weighted by Gasteiger charge is -2.22. The Morgan fingerprint density at radius 1 is 1.33 bits per heavy atom. The fourth-order valence-electron chi connectivity index (χ4n) is 3.43. The number of methoxy groups -OCH3 is 2. The Morgan fingerprint density at radius 2 is 2.11 bits per heavy atom. The summed E-state index contributed by atoms with van der Waals surface area (Å²) in [5, 5.41) is 16.9. The zero-order chi connectivity index (χ0) is 19.2. The van der Waals surface area contributed by atoms with Crippen LogP contribution in [0.1, 0.15) is 18.0 Å². The van der Waals surface area contributed by atoms with Gasteiger partial charge in [0.1, 0.15) is 12.4 Å². The lowest BCUT2D eigenvalue weighted by Crippen LogP contribution is -2.31. The van der Waals surface area contributed by atoms with Crippen molar-refractivity contribution in [3.05, 3.63) is 42.2 Å². The summed E-state index contributed by atoms with van der Waals surface area (Å²) in [5.74, 6) is 0.620. The van der Waals surface area contributed by atoms with E-state index in [9.17, 15) is 9.90 Å². The normalized spacial score (nSPS) is 20.0. The molecule has 1 amide bonds. The molecule has 0 unspecified atom stereocenters. The maximum atomic E-state index is 11.6. The van der Waals surface area contributed by atoms with Crippen LogP contribution in [0.5, 0.6) is 5.75 Å². The Bertz CT molecular complexity index is 746. The summed E-state index contributed by atoms with van der Waals surface area (Å²) in [7, 11) is 3.13. The molecular weight excluding hydrogens is 348 g/mol. The SMILES string of the molecule is COCC(=O)Nc1cnn([C@H]2C[C@@H](CO)N(Cc3ccc(OC)cc3)C2)c1. The highest BCUT2D eigenvalue weighted by Gasteiger charge is 2.33. The number of nitrogens with zero attached hydrogens (tertiary/aromatic N) is 3. The number of hydrogen-bond acceptors (Lipinski definition) is 6. The third kappa shape index (κ3) is 4.85. The number of anilines is 1. The van der Waals surface area contributed by atoms with Gasteiger partial charge in [-0.25, -0.2) is 0 Å². The number of likely N-dealkylation sites (tertiary alicyclic amines) is 1. The third-order valence-electron chi connectivity index (χ3n) is 4.80. The van der Waals surface area contributed by atoms with Crippen molar-refractivity contribution >= 4 is 11.6 Å². The van der Waals surface area contributed by atoms with Crippen LogP contribution in [0.15, 0.2) is 36.7 Å². The number of aromatic nitrogens is 2. The van der Waals surface area contributed by atoms with Crippen LogP contribution in [0.3, 0.4) is 0 Å². The molecule has 0 aliphatic carbocycles. The molecule has 0 bridgehead atoms. The van der Waals surface area contributed by atoms with E-state index in [-0.39, 0.29) is 31.2 Å². The third-order valence-corrected chi connectivity index (χ3v) is 4.80. The van der Waals surface area contributed by atoms with E-state index in [2.05, 4.69) is 15.3 Å². The van der Waals surface area contributed by atoms with E-state index in [0.29, 0.717) is 5.69 Å². The standard InChI is InChI=1S/C19H26N4O4/c1-26-13-19(25)21-15-8-20-23(10-15)16-7-17(12-24)22(11-16)9-14-3-5-18(27-2)6-4-14/h3-6,8,10,16-17,24H,7,9,11-13H2,1-2H3,(H,21,25)/t16-,17-/m0/s1. The van der Waals surface area contributed by atoms with E-state index < -0.39 is 0 Å². The van der Waals surface area contributed by atoms with Gasteiger partial charge in [0, 0.05) is 32.4 Å². The van der Waals surface area contributed by atoms with Gasteiger partial charge in [0.05, 0.1) is 31.6 Å². The van der Waals surface area contributed by atoms with E-state index in [0.717, 1.165) is 25.3 Å². The fraction of sp³-hybridized carbons (Fsp3) is 0.474. The predicted molar refractivity (Wildman–Crippen MR) is 101 cm³/mol. The van der Waals surface area contributed by atoms with Crippen molar-refractivity contribution in [3.8, 4) is 5.75 Å². The first-order valence-electron chi connectivity index (χ1n) is 8.93. The van der Waals surface area contributed by atoms with Crippen molar-refractivity contribution in [2.24, 2.45) is 0 Å². The summed E-state index contributed by atoms with van der Waals surface area (Å²) in [6.07, 6.45) is 4.26. The average molecular weight is 374 g/mol. The van der Waals surface area contributed by atoms with Crippen LogP contribution in [0, 0.1) is 0 Å². The second kappa shape index (κ2) is 8.98. The summed E-state index contributed by atoms with van der Waals surface area (Å²) >= 11 is 0. The van der Waals surface area contributed by atoms with Gasteiger partial charge in [-0.05, 0) is 24.1 Å². The first-order valence-corrected chi connectivity index (χ1v) is 8.93. The number of benzene rings is 1. The number of nitrogens with one attached hydrogen (secondary N) is 1. The van der Waals surface area contributed by atoms with Crippen LogP contribution in [-0.4, -0.2) is 65.7 Å². The van der Waals surface area contributed by atoms with Gasteiger partial charge in [0.2, 0.25) is 5.91 Å². The number of carbonyl (C=O) groups excluding carboxylic acids is 1. The molecule has 0 spiro atoms. The summed E-state index contributed by atoms with van der Waals surface area (Å²) in [6.45, 7) is 1.65. The Morgan fingerprint density at radius 3 is 2.78 bits per heavy atom. The molecule has 1 aliphatic heterocycles. The molecule has 0 saturated carbocycles. The first-order chi connectivity index (χ1) is 13.1. The minimum atomic E-state index is -0.210. The Labute approximate surface area is 158 Å². The van der Waals surface area contributed by atoms with Gasteiger partial charge in [-0.15, -0.1) is 0 Å². The number of aliphatic hydroxyl groups excluding tert-OH is 1. The molecule has 1 aliphatic rings. The van der Waals surface area contributed by atoms with Crippen LogP contribution in [0.25, 0.3) is 0 Å². The molecule has 2 N–H and O–H groups in total. The zero-order valence-electron chi connectivity index (χ0n) is 15.7. The molecular formula is C19H26N4O4. The number of ether oxygens (including phenoxy) is 2. The quantitative estimate of drug-likeness (QED) is 0.724. The van der Waals surface area contributed by atoms with Crippen LogP contribution < -0.4 is 10.1 Å². The predicted octanol–water partition coefficient (Wildman–Crippen LogP) is 1.28. The molecule has 2 atom stereocenters. The molecule has 1 aromatic heterocycles. The van der Waals surface area contributed by atoms with Crippen molar-refractivity contribution in [2.45, 2.75) is 25.0 Å². The van der Waals surface area contributed by atoms with Crippen molar-refractivity contribution in [2.75, 3.05) is 39.3 Å². The number of rotatable bonds is 8. The highest BCUT2D eigenvalue weighted by atomic mass is 16.5. The van der Waals surface area contributed by atoms with Gasteiger partial charge < -0.3 is 19.9 Å². The molecule has 1 fully saturated rings. The number of carbonyl (C=O) groups is 1. The lowest BCUT2D eigenvalue weighted by molar-refractivity contribution is -0.119. The van der Waals surface area contributed by atoms with Gasteiger partial charge in [-0.2, -0.15) is 5.10 Å². The van der Waals surface area contributed by atoms with Crippen LogP contribution in [0.2, 0.25) is 0 Å². The summed E-state index contributed by atoms with van der Waals surface area (Å²) in [4.78, 5) is 13.9. The van der Waals surface area contributed by atoms with Crippen LogP contribution in [-0.2, 0) is 16.1 Å². The van der Waals surface area contributed by atoms with Gasteiger partial charge in [0.25, 0.3) is 0 Å². The minimum Gasteiger partial charge on any atom is -0.497 e. The van der Waals surface area contributed by atoms with Gasteiger partial charge in [-0.1, -0.05) is 12.1 Å². The van der Waals surface area contributed by atoms with Gasteiger partial charge in [-0.3, -0.25) is 14.4 Å². The second-order valence-corrected chi connectivity index (χ2v) is 6.69. The Hall–Kier alpha value is -2.42. The van der Waals surface area contributed by atoms with Gasteiger partial charge in [0.15, 0.2) is 0 Å². The average Bonchev–Trinajstić information content (AvgIpc) is 3.29. The van der Waals surface area contributed by atoms with E-state index in [1.165, 1.54) is 12.7 Å². The maximum Gasteiger partial charge on any atom is 0.250 e. The summed E-state index contributed by atoms with van der Waals surface area (Å²) in [5.41, 5.74) is 1.81. The van der Waals surface area contributed by atoms with Crippen LogP contribution in [0.4, 0.5) is 5.69 Å². The Kier molecular flexibility index (Phi) is 6.44. The van der Waals surface area contributed by atoms with E-state index >= 15 is 0 Å². The molecule has 2 aromatic rings. The van der Waals surface area contributed by atoms with E-state index in [4.69, 9.17) is 9.47 Å². The molecule has 2 heterocycles. The topological polar surface area (TPSA) is 88.8 Å². The zero-order valence-corrected chi connectivity index (χ0v) is 15.7. The van der Waals surface area contributed by atoms with E-state index in [1.807, 2.05) is 35.1 Å². The highest BCUT2D eigenvalue weighted by molar-refractivity contribution is 5.91. The van der Waals surface area contributed by atoms with Gasteiger partial charge >= 0.3 is 0 Å². The number of amides is 1. The molecule has 3 rings (SSSR count). The summed E-state index contributed by atoms with van der Waals surface area (Å²) < 4.78 is 11.9. The first kappa shape index (κ1) is 19.3. The van der Waals surface area contributed by atoms with Crippen molar-refractivity contribution in [1.29, 1.82) is 0 Å². The smallest absolute Gasteiger partial charge is 0.250 e. The molecule has 8 heteroatoms.